The van der Waals surface area contributed by atoms with Crippen molar-refractivity contribution in [1.29, 1.82) is 0 Å². The van der Waals surface area contributed by atoms with Crippen LogP contribution in [0, 0.1) is 0 Å². The number of aromatic nitrogens is 2. The number of imidazole rings is 1. The van der Waals surface area contributed by atoms with Crippen molar-refractivity contribution >= 4 is 47.2 Å². The van der Waals surface area contributed by atoms with Gasteiger partial charge in [-0.25, -0.2) is 4.98 Å². The number of carbonyl (C=O) groups excluding carboxylic acids is 1. The summed E-state index contributed by atoms with van der Waals surface area (Å²) in [6.45, 7) is 5.80. The van der Waals surface area contributed by atoms with Gasteiger partial charge in [-0.1, -0.05) is 29.3 Å². The molecule has 0 radical (unpaired) electrons. The number of nitrogens with zero attached hydrogens (tertiary/aromatic N) is 4. The maximum Gasteiger partial charge on any atom is 0.219 e. The third kappa shape index (κ3) is 6.33. The van der Waals surface area contributed by atoms with Crippen molar-refractivity contribution in [2.24, 2.45) is 0 Å². The minimum absolute atomic E-state index is 0. The van der Waals surface area contributed by atoms with Crippen LogP contribution in [-0.4, -0.2) is 65.9 Å². The fraction of sp³-hybridized carbons (Fsp3) is 0.385. The van der Waals surface area contributed by atoms with Gasteiger partial charge in [0.2, 0.25) is 11.7 Å². The fourth-order valence-corrected chi connectivity index (χ4v) is 5.15. The molecule has 1 aromatic heterocycles. The lowest BCUT2D eigenvalue weighted by Crippen LogP contribution is -2.48. The Hall–Kier alpha value is -2.49. The Morgan fingerprint density at radius 1 is 1.14 bits per heavy atom. The average Bonchev–Trinajstić information content (AvgIpc) is 3.54. The molecule has 2 saturated heterocycles. The summed E-state index contributed by atoms with van der Waals surface area (Å²) in [6.07, 6.45) is 4.98. The van der Waals surface area contributed by atoms with Crippen LogP contribution in [0.2, 0.25) is 10.0 Å². The minimum atomic E-state index is -1.08. The topological polar surface area (TPSA) is 69.1 Å². The van der Waals surface area contributed by atoms with Gasteiger partial charge in [0, 0.05) is 61.8 Å². The third-order valence-corrected chi connectivity index (χ3v) is 7.06. The molecule has 3 aromatic rings. The number of carbonyl (C=O) groups is 1. The van der Waals surface area contributed by atoms with Crippen molar-refractivity contribution in [3.63, 3.8) is 0 Å². The number of ether oxygens (including phenoxy) is 3. The summed E-state index contributed by atoms with van der Waals surface area (Å²) in [5.74, 6) is -0.201. The largest absolute Gasteiger partial charge is 0.491 e. The fourth-order valence-electron chi connectivity index (χ4n) is 4.60. The average molecular weight is 568 g/mol. The molecule has 3 heterocycles. The second-order valence-corrected chi connectivity index (χ2v) is 9.80. The van der Waals surface area contributed by atoms with E-state index >= 15 is 0 Å². The summed E-state index contributed by atoms with van der Waals surface area (Å²) >= 11 is 12.7. The zero-order valence-corrected chi connectivity index (χ0v) is 22.7. The maximum atomic E-state index is 11.6. The zero-order valence-electron chi connectivity index (χ0n) is 20.4. The van der Waals surface area contributed by atoms with E-state index in [0.717, 1.165) is 37.6 Å². The maximum absolute atomic E-state index is 11.6. The third-order valence-electron chi connectivity index (χ3n) is 6.51. The van der Waals surface area contributed by atoms with Crippen molar-refractivity contribution in [1.82, 2.24) is 14.5 Å². The van der Waals surface area contributed by atoms with Gasteiger partial charge in [0.25, 0.3) is 0 Å². The van der Waals surface area contributed by atoms with E-state index in [9.17, 15) is 4.79 Å². The van der Waals surface area contributed by atoms with Crippen molar-refractivity contribution < 1.29 is 19.0 Å². The van der Waals surface area contributed by atoms with Gasteiger partial charge in [-0.2, -0.15) is 0 Å². The number of rotatable bonds is 7. The Morgan fingerprint density at radius 3 is 2.54 bits per heavy atom. The SMILES string of the molecule is CC(=O)N1CCN(c2ccc(OC[C@H]3CO[C@](Cn4ccnc4)(c4ccc(Cl)cc4Cl)O3)cc2)CC1.Cl. The first-order valence-corrected chi connectivity index (χ1v) is 12.6. The first-order valence-electron chi connectivity index (χ1n) is 11.9. The molecule has 0 N–H and O–H groups in total. The van der Waals surface area contributed by atoms with Crippen molar-refractivity contribution in [2.45, 2.75) is 25.4 Å². The van der Waals surface area contributed by atoms with Crippen LogP contribution in [0.4, 0.5) is 5.69 Å². The predicted molar refractivity (Wildman–Crippen MR) is 145 cm³/mol. The molecule has 5 rings (SSSR count). The Labute approximate surface area is 232 Å². The van der Waals surface area contributed by atoms with E-state index < -0.39 is 5.79 Å². The molecule has 0 aliphatic carbocycles. The molecule has 1 amide bonds. The van der Waals surface area contributed by atoms with E-state index in [1.165, 1.54) is 0 Å². The van der Waals surface area contributed by atoms with Crippen LogP contribution < -0.4 is 9.64 Å². The highest BCUT2D eigenvalue weighted by Gasteiger charge is 2.45. The Bertz CT molecular complexity index is 1190. The van der Waals surface area contributed by atoms with E-state index in [2.05, 4.69) is 9.88 Å². The summed E-state index contributed by atoms with van der Waals surface area (Å²) in [6, 6.07) is 13.3. The van der Waals surface area contributed by atoms with Gasteiger partial charge in [0.1, 0.15) is 18.5 Å². The molecule has 0 unspecified atom stereocenters. The van der Waals surface area contributed by atoms with E-state index in [0.29, 0.717) is 35.4 Å². The molecule has 2 aliphatic heterocycles. The van der Waals surface area contributed by atoms with Crippen LogP contribution in [0.1, 0.15) is 12.5 Å². The molecule has 198 valence electrons. The Balaban J connectivity index is 0.00000320. The van der Waals surface area contributed by atoms with Crippen LogP contribution in [0.25, 0.3) is 0 Å². The van der Waals surface area contributed by atoms with Gasteiger partial charge >= 0.3 is 0 Å². The molecule has 11 heteroatoms. The molecule has 0 saturated carbocycles. The number of anilines is 1. The van der Waals surface area contributed by atoms with Gasteiger partial charge in [0.05, 0.1) is 24.5 Å². The van der Waals surface area contributed by atoms with Gasteiger partial charge in [-0.3, -0.25) is 4.79 Å². The number of benzene rings is 2. The molecule has 2 aliphatic rings. The highest BCUT2D eigenvalue weighted by atomic mass is 35.5. The molecule has 0 spiro atoms. The Kier molecular flexibility index (Phi) is 8.87. The van der Waals surface area contributed by atoms with Gasteiger partial charge in [-0.05, 0) is 36.4 Å². The number of halogens is 3. The second-order valence-electron chi connectivity index (χ2n) is 8.96. The highest BCUT2D eigenvalue weighted by Crippen LogP contribution is 2.40. The Morgan fingerprint density at radius 2 is 1.89 bits per heavy atom. The van der Waals surface area contributed by atoms with Crippen molar-refractivity contribution in [3.05, 3.63) is 76.8 Å². The van der Waals surface area contributed by atoms with E-state index in [-0.39, 0.29) is 24.4 Å². The lowest BCUT2D eigenvalue weighted by atomic mass is 10.1. The van der Waals surface area contributed by atoms with Crippen LogP contribution in [0.5, 0.6) is 5.75 Å². The minimum Gasteiger partial charge on any atom is -0.491 e. The summed E-state index contributed by atoms with van der Waals surface area (Å²) in [4.78, 5) is 19.8. The van der Waals surface area contributed by atoms with Crippen molar-refractivity contribution in [3.8, 4) is 5.75 Å². The molecular formula is C26H29Cl3N4O4. The van der Waals surface area contributed by atoms with E-state index in [1.807, 2.05) is 46.0 Å². The van der Waals surface area contributed by atoms with Crippen molar-refractivity contribution in [2.75, 3.05) is 44.3 Å². The van der Waals surface area contributed by atoms with Crippen LogP contribution in [-0.2, 0) is 26.6 Å². The molecule has 2 aromatic carbocycles. The van der Waals surface area contributed by atoms with Crippen LogP contribution in [0.3, 0.4) is 0 Å². The number of piperazine rings is 1. The monoisotopic (exact) mass is 566 g/mol. The number of hydrogen-bond donors (Lipinski definition) is 0. The predicted octanol–water partition coefficient (Wildman–Crippen LogP) is 4.63. The van der Waals surface area contributed by atoms with E-state index in [1.54, 1.807) is 31.6 Å². The second kappa shape index (κ2) is 11.9. The van der Waals surface area contributed by atoms with Gasteiger partial charge in [-0.15, -0.1) is 12.4 Å². The summed E-state index contributed by atoms with van der Waals surface area (Å²) < 4.78 is 20.6. The van der Waals surface area contributed by atoms with Gasteiger partial charge in [0.15, 0.2) is 0 Å². The summed E-state index contributed by atoms with van der Waals surface area (Å²) in [5, 5.41) is 1.02. The molecule has 2 fully saturated rings. The first kappa shape index (κ1) is 27.5. The summed E-state index contributed by atoms with van der Waals surface area (Å²) in [7, 11) is 0. The molecule has 37 heavy (non-hydrogen) atoms. The van der Waals surface area contributed by atoms with Crippen LogP contribution in [0.15, 0.2) is 61.2 Å². The normalized spacial score (nSPS) is 21.5. The molecule has 0 bridgehead atoms. The number of hydrogen-bond acceptors (Lipinski definition) is 6. The lowest BCUT2D eigenvalue weighted by molar-refractivity contribution is -0.189. The number of amides is 1. The highest BCUT2D eigenvalue weighted by molar-refractivity contribution is 6.35. The quantitative estimate of drug-likeness (QED) is 0.415. The van der Waals surface area contributed by atoms with Gasteiger partial charge < -0.3 is 28.6 Å². The first-order chi connectivity index (χ1) is 17.4. The zero-order chi connectivity index (χ0) is 25.1. The smallest absolute Gasteiger partial charge is 0.219 e. The lowest BCUT2D eigenvalue weighted by Gasteiger charge is -2.35. The molecular weight excluding hydrogens is 539 g/mol. The standard InChI is InChI=1S/C26H28Cl2N4O4.ClH/c1-19(33)31-10-12-32(13-11-31)21-3-5-22(6-4-21)34-15-23-16-35-26(36-23,17-30-9-8-29-18-30)24-7-2-20(27)14-25(24)28;/h2-9,14,18,23H,10-13,15-17H2,1H3;1H/t23-,26-;/m0./s1. The molecule has 2 atom stereocenters. The summed E-state index contributed by atoms with van der Waals surface area (Å²) in [5.41, 5.74) is 1.82. The molecule has 8 nitrogen and oxygen atoms in total. The van der Waals surface area contributed by atoms with Crippen LogP contribution >= 0.6 is 35.6 Å². The van der Waals surface area contributed by atoms with E-state index in [4.69, 9.17) is 37.4 Å².